The molecule has 1 fully saturated rings. The molecule has 0 aliphatic carbocycles. The summed E-state index contributed by atoms with van der Waals surface area (Å²) in [5.74, 6) is -0.137. The minimum atomic E-state index is -0.244. The fourth-order valence-corrected chi connectivity index (χ4v) is 2.46. The molecule has 1 aromatic rings. The highest BCUT2D eigenvalue weighted by Gasteiger charge is 2.16. The van der Waals surface area contributed by atoms with Gasteiger partial charge >= 0.3 is 0 Å². The zero-order chi connectivity index (χ0) is 13.0. The largest absolute Gasteiger partial charge is 0.340 e. The standard InChI is InChI=1S/C13H16BrFN2O/c14-11-2-3-12(15)10(9-11)1-4-13(18)17-7-5-16-6-8-17/h2-3,9,16H,1,4-8H2. The van der Waals surface area contributed by atoms with E-state index in [2.05, 4.69) is 21.2 Å². The summed E-state index contributed by atoms with van der Waals surface area (Å²) in [5.41, 5.74) is 0.591. The van der Waals surface area contributed by atoms with Crippen LogP contribution >= 0.6 is 15.9 Å². The molecular formula is C13H16BrFN2O. The number of aryl methyl sites for hydroxylation is 1. The third-order valence-electron chi connectivity index (χ3n) is 3.09. The highest BCUT2D eigenvalue weighted by Crippen LogP contribution is 2.17. The predicted octanol–water partition coefficient (Wildman–Crippen LogP) is 1.95. The van der Waals surface area contributed by atoms with Gasteiger partial charge in [0.05, 0.1) is 0 Å². The summed E-state index contributed by atoms with van der Waals surface area (Å²) in [7, 11) is 0. The van der Waals surface area contributed by atoms with E-state index in [4.69, 9.17) is 0 Å². The second kappa shape index (κ2) is 6.29. The molecule has 1 amide bonds. The van der Waals surface area contributed by atoms with E-state index in [0.717, 1.165) is 30.7 Å². The van der Waals surface area contributed by atoms with Crippen molar-refractivity contribution in [2.45, 2.75) is 12.8 Å². The Morgan fingerprint density at radius 1 is 1.39 bits per heavy atom. The van der Waals surface area contributed by atoms with Crippen molar-refractivity contribution in [2.24, 2.45) is 0 Å². The Morgan fingerprint density at radius 2 is 2.11 bits per heavy atom. The highest BCUT2D eigenvalue weighted by molar-refractivity contribution is 9.10. The summed E-state index contributed by atoms with van der Waals surface area (Å²) in [4.78, 5) is 13.8. The van der Waals surface area contributed by atoms with E-state index in [-0.39, 0.29) is 11.7 Å². The third kappa shape index (κ3) is 3.53. The lowest BCUT2D eigenvalue weighted by atomic mass is 10.1. The van der Waals surface area contributed by atoms with Gasteiger partial charge in [0.25, 0.3) is 0 Å². The number of benzene rings is 1. The average molecular weight is 315 g/mol. The van der Waals surface area contributed by atoms with Gasteiger partial charge in [-0.25, -0.2) is 4.39 Å². The molecule has 1 saturated heterocycles. The quantitative estimate of drug-likeness (QED) is 0.925. The van der Waals surface area contributed by atoms with Crippen LogP contribution in [0.4, 0.5) is 4.39 Å². The van der Waals surface area contributed by atoms with E-state index in [1.807, 2.05) is 4.90 Å². The van der Waals surface area contributed by atoms with Crippen LogP contribution in [0.25, 0.3) is 0 Å². The SMILES string of the molecule is O=C(CCc1cc(Br)ccc1F)N1CCNCC1. The first-order valence-electron chi connectivity index (χ1n) is 6.09. The zero-order valence-electron chi connectivity index (χ0n) is 10.1. The van der Waals surface area contributed by atoms with E-state index in [9.17, 15) is 9.18 Å². The maximum absolute atomic E-state index is 13.5. The van der Waals surface area contributed by atoms with Crippen LogP contribution < -0.4 is 5.32 Å². The van der Waals surface area contributed by atoms with Gasteiger partial charge in [-0.05, 0) is 30.2 Å². The first-order chi connectivity index (χ1) is 8.66. The second-order valence-electron chi connectivity index (χ2n) is 4.37. The Hall–Kier alpha value is -0.940. The van der Waals surface area contributed by atoms with E-state index in [1.165, 1.54) is 6.07 Å². The molecule has 18 heavy (non-hydrogen) atoms. The van der Waals surface area contributed by atoms with Crippen molar-refractivity contribution in [3.63, 3.8) is 0 Å². The van der Waals surface area contributed by atoms with Gasteiger partial charge in [0.15, 0.2) is 0 Å². The second-order valence-corrected chi connectivity index (χ2v) is 5.28. The Kier molecular flexibility index (Phi) is 4.72. The van der Waals surface area contributed by atoms with Crippen LogP contribution in [-0.4, -0.2) is 37.0 Å². The number of hydrogen-bond donors (Lipinski definition) is 1. The average Bonchev–Trinajstić information content (AvgIpc) is 2.40. The third-order valence-corrected chi connectivity index (χ3v) is 3.58. The molecule has 3 nitrogen and oxygen atoms in total. The van der Waals surface area contributed by atoms with Crippen LogP contribution in [0.2, 0.25) is 0 Å². The fraction of sp³-hybridized carbons (Fsp3) is 0.462. The van der Waals surface area contributed by atoms with Crippen LogP contribution in [0.3, 0.4) is 0 Å². The lowest BCUT2D eigenvalue weighted by Gasteiger charge is -2.27. The monoisotopic (exact) mass is 314 g/mol. The normalized spacial score (nSPS) is 15.8. The van der Waals surface area contributed by atoms with Crippen molar-refractivity contribution in [3.05, 3.63) is 34.1 Å². The van der Waals surface area contributed by atoms with Crippen LogP contribution in [0.5, 0.6) is 0 Å². The number of nitrogens with zero attached hydrogens (tertiary/aromatic N) is 1. The van der Waals surface area contributed by atoms with Crippen LogP contribution in [0.15, 0.2) is 22.7 Å². The number of piperazine rings is 1. The highest BCUT2D eigenvalue weighted by atomic mass is 79.9. The summed E-state index contributed by atoms with van der Waals surface area (Å²) in [5, 5.41) is 3.20. The fourth-order valence-electron chi connectivity index (χ4n) is 2.05. The van der Waals surface area contributed by atoms with Crippen molar-refractivity contribution in [1.29, 1.82) is 0 Å². The smallest absolute Gasteiger partial charge is 0.222 e. The van der Waals surface area contributed by atoms with Gasteiger partial charge in [-0.2, -0.15) is 0 Å². The summed E-state index contributed by atoms with van der Waals surface area (Å²) < 4.78 is 14.3. The Labute approximate surface area is 114 Å². The summed E-state index contributed by atoms with van der Waals surface area (Å²) >= 11 is 3.31. The van der Waals surface area contributed by atoms with Crippen molar-refractivity contribution < 1.29 is 9.18 Å². The number of carbonyl (C=O) groups excluding carboxylic acids is 1. The molecule has 1 heterocycles. The number of amides is 1. The summed E-state index contributed by atoms with van der Waals surface area (Å²) in [6.07, 6.45) is 0.821. The maximum atomic E-state index is 13.5. The number of nitrogens with one attached hydrogen (secondary N) is 1. The molecule has 2 rings (SSSR count). The van der Waals surface area contributed by atoms with Gasteiger partial charge in [-0.1, -0.05) is 15.9 Å². The first kappa shape index (κ1) is 13.5. The Morgan fingerprint density at radius 3 is 2.83 bits per heavy atom. The first-order valence-corrected chi connectivity index (χ1v) is 6.88. The zero-order valence-corrected chi connectivity index (χ0v) is 11.7. The lowest BCUT2D eigenvalue weighted by Crippen LogP contribution is -2.46. The Balaban J connectivity index is 1.90. The van der Waals surface area contributed by atoms with Gasteiger partial charge < -0.3 is 10.2 Å². The van der Waals surface area contributed by atoms with E-state index in [1.54, 1.807) is 12.1 Å². The molecule has 1 aromatic carbocycles. The molecule has 0 radical (unpaired) electrons. The molecule has 5 heteroatoms. The lowest BCUT2D eigenvalue weighted by molar-refractivity contribution is -0.131. The van der Waals surface area contributed by atoms with Crippen molar-refractivity contribution in [1.82, 2.24) is 10.2 Å². The molecular weight excluding hydrogens is 299 g/mol. The van der Waals surface area contributed by atoms with Crippen LogP contribution in [-0.2, 0) is 11.2 Å². The topological polar surface area (TPSA) is 32.3 Å². The Bertz CT molecular complexity index is 433. The molecule has 0 spiro atoms. The van der Waals surface area contributed by atoms with Crippen molar-refractivity contribution >= 4 is 21.8 Å². The van der Waals surface area contributed by atoms with Gasteiger partial charge in [0, 0.05) is 37.1 Å². The number of rotatable bonds is 3. The summed E-state index contributed by atoms with van der Waals surface area (Å²) in [6.45, 7) is 3.19. The van der Waals surface area contributed by atoms with Crippen molar-refractivity contribution in [3.8, 4) is 0 Å². The van der Waals surface area contributed by atoms with Gasteiger partial charge in [0.2, 0.25) is 5.91 Å². The predicted molar refractivity (Wildman–Crippen MR) is 71.9 cm³/mol. The number of hydrogen-bond acceptors (Lipinski definition) is 2. The molecule has 0 atom stereocenters. The van der Waals surface area contributed by atoms with Gasteiger partial charge in [-0.3, -0.25) is 4.79 Å². The maximum Gasteiger partial charge on any atom is 0.222 e. The van der Waals surface area contributed by atoms with Crippen LogP contribution in [0, 0.1) is 5.82 Å². The molecule has 1 aliphatic rings. The molecule has 1 aliphatic heterocycles. The number of carbonyl (C=O) groups is 1. The molecule has 98 valence electrons. The van der Waals surface area contributed by atoms with Gasteiger partial charge in [0.1, 0.15) is 5.82 Å². The molecule has 0 aromatic heterocycles. The van der Waals surface area contributed by atoms with Crippen molar-refractivity contribution in [2.75, 3.05) is 26.2 Å². The minimum Gasteiger partial charge on any atom is -0.340 e. The number of halogens is 2. The van der Waals surface area contributed by atoms with Crippen LogP contribution in [0.1, 0.15) is 12.0 Å². The van der Waals surface area contributed by atoms with E-state index >= 15 is 0 Å². The van der Waals surface area contributed by atoms with E-state index < -0.39 is 0 Å². The summed E-state index contributed by atoms with van der Waals surface area (Å²) in [6, 6.07) is 4.83. The minimum absolute atomic E-state index is 0.107. The van der Waals surface area contributed by atoms with E-state index in [0.29, 0.717) is 18.4 Å². The molecule has 0 unspecified atom stereocenters. The molecule has 0 saturated carbocycles. The molecule has 1 N–H and O–H groups in total. The molecule has 0 bridgehead atoms. The van der Waals surface area contributed by atoms with Gasteiger partial charge in [-0.15, -0.1) is 0 Å².